The number of aromatic nitrogens is 2. The number of guanidine groups is 1. The van der Waals surface area contributed by atoms with E-state index in [4.69, 9.17) is 0 Å². The molecular weight excluding hydrogens is 310 g/mol. The molecule has 0 bridgehead atoms. The largest absolute Gasteiger partial charge is 0.356 e. The van der Waals surface area contributed by atoms with Crippen LogP contribution in [0.3, 0.4) is 0 Å². The third-order valence-corrected chi connectivity index (χ3v) is 4.99. The van der Waals surface area contributed by atoms with Gasteiger partial charge in [-0.2, -0.15) is 5.10 Å². The Morgan fingerprint density at radius 1 is 1.20 bits per heavy atom. The van der Waals surface area contributed by atoms with Crippen molar-refractivity contribution < 1.29 is 0 Å². The topological polar surface area (TPSA) is 54.2 Å². The highest BCUT2D eigenvalue weighted by Gasteiger charge is 2.18. The monoisotopic (exact) mass is 339 g/mol. The minimum atomic E-state index is 0.566. The average Bonchev–Trinajstić information content (AvgIpc) is 3.18. The second-order valence-electron chi connectivity index (χ2n) is 6.97. The number of aliphatic imine (C=N–C) groups is 1. The van der Waals surface area contributed by atoms with E-state index in [9.17, 15) is 0 Å². The minimum Gasteiger partial charge on any atom is -0.356 e. The standard InChI is InChI=1S/C20H29N5/c1-16-4-8-18(9-5-16)24-20(21-2)22-14-12-17-6-10-19(11-7-17)25-15-3-13-23-25/h3,6-7,10-11,13,15-16,18H,4-5,8-9,12,14H2,1-2H3,(H2,21,22,24). The molecule has 0 saturated heterocycles. The quantitative estimate of drug-likeness (QED) is 0.650. The molecule has 0 spiro atoms. The molecule has 2 aromatic rings. The number of hydrogen-bond acceptors (Lipinski definition) is 2. The molecule has 1 saturated carbocycles. The van der Waals surface area contributed by atoms with Gasteiger partial charge in [-0.15, -0.1) is 0 Å². The van der Waals surface area contributed by atoms with E-state index in [2.05, 4.69) is 51.9 Å². The van der Waals surface area contributed by atoms with Gasteiger partial charge in [0.1, 0.15) is 0 Å². The van der Waals surface area contributed by atoms with Gasteiger partial charge in [-0.1, -0.05) is 19.1 Å². The molecule has 0 radical (unpaired) electrons. The molecule has 0 aliphatic heterocycles. The van der Waals surface area contributed by atoms with Crippen LogP contribution in [0.2, 0.25) is 0 Å². The van der Waals surface area contributed by atoms with Crippen molar-refractivity contribution in [2.45, 2.75) is 45.1 Å². The van der Waals surface area contributed by atoms with Gasteiger partial charge in [0, 0.05) is 32.0 Å². The van der Waals surface area contributed by atoms with E-state index in [1.165, 1.54) is 31.2 Å². The van der Waals surface area contributed by atoms with E-state index in [1.54, 1.807) is 6.20 Å². The van der Waals surface area contributed by atoms with Crippen LogP contribution in [-0.2, 0) is 6.42 Å². The van der Waals surface area contributed by atoms with Crippen molar-refractivity contribution in [3.05, 3.63) is 48.3 Å². The van der Waals surface area contributed by atoms with Gasteiger partial charge >= 0.3 is 0 Å². The Bertz CT molecular complexity index is 652. The van der Waals surface area contributed by atoms with Crippen molar-refractivity contribution in [3.63, 3.8) is 0 Å². The molecule has 5 heteroatoms. The molecule has 25 heavy (non-hydrogen) atoms. The van der Waals surface area contributed by atoms with Crippen LogP contribution in [0.25, 0.3) is 5.69 Å². The maximum atomic E-state index is 4.36. The predicted molar refractivity (Wildman–Crippen MR) is 103 cm³/mol. The van der Waals surface area contributed by atoms with Crippen LogP contribution in [0.15, 0.2) is 47.7 Å². The summed E-state index contributed by atoms with van der Waals surface area (Å²) in [5.41, 5.74) is 2.40. The molecule has 1 heterocycles. The average molecular weight is 339 g/mol. The summed E-state index contributed by atoms with van der Waals surface area (Å²) >= 11 is 0. The van der Waals surface area contributed by atoms with Crippen molar-refractivity contribution in [3.8, 4) is 5.69 Å². The highest BCUT2D eigenvalue weighted by Crippen LogP contribution is 2.23. The predicted octanol–water partition coefficient (Wildman–Crippen LogP) is 3.16. The Kier molecular flexibility index (Phi) is 6.09. The summed E-state index contributed by atoms with van der Waals surface area (Å²) in [4.78, 5) is 4.36. The fraction of sp³-hybridized carbons (Fsp3) is 0.500. The van der Waals surface area contributed by atoms with Gasteiger partial charge < -0.3 is 10.6 Å². The highest BCUT2D eigenvalue weighted by molar-refractivity contribution is 5.79. The van der Waals surface area contributed by atoms with E-state index in [0.717, 1.165) is 30.5 Å². The summed E-state index contributed by atoms with van der Waals surface area (Å²) in [5.74, 6) is 1.80. The Balaban J connectivity index is 1.43. The van der Waals surface area contributed by atoms with Crippen LogP contribution in [0, 0.1) is 5.92 Å². The molecule has 1 aromatic carbocycles. The van der Waals surface area contributed by atoms with Crippen LogP contribution >= 0.6 is 0 Å². The van der Waals surface area contributed by atoms with Crippen molar-refractivity contribution in [2.75, 3.05) is 13.6 Å². The first-order valence-electron chi connectivity index (χ1n) is 9.30. The number of benzene rings is 1. The molecule has 0 unspecified atom stereocenters. The first kappa shape index (κ1) is 17.5. The minimum absolute atomic E-state index is 0.566. The summed E-state index contributed by atoms with van der Waals surface area (Å²) in [6.07, 6.45) is 9.85. The lowest BCUT2D eigenvalue weighted by atomic mass is 9.87. The molecule has 1 aliphatic rings. The fourth-order valence-corrected chi connectivity index (χ4v) is 3.35. The van der Waals surface area contributed by atoms with E-state index in [0.29, 0.717) is 6.04 Å². The van der Waals surface area contributed by atoms with E-state index < -0.39 is 0 Å². The van der Waals surface area contributed by atoms with E-state index >= 15 is 0 Å². The molecule has 1 aliphatic carbocycles. The zero-order valence-electron chi connectivity index (χ0n) is 15.3. The van der Waals surface area contributed by atoms with Gasteiger partial charge in [0.25, 0.3) is 0 Å². The third-order valence-electron chi connectivity index (χ3n) is 4.99. The lowest BCUT2D eigenvalue weighted by Crippen LogP contribution is -2.45. The molecule has 5 nitrogen and oxygen atoms in total. The van der Waals surface area contributed by atoms with E-state index in [-0.39, 0.29) is 0 Å². The van der Waals surface area contributed by atoms with Crippen molar-refractivity contribution >= 4 is 5.96 Å². The smallest absolute Gasteiger partial charge is 0.191 e. The third kappa shape index (κ3) is 5.08. The molecule has 1 aromatic heterocycles. The highest BCUT2D eigenvalue weighted by atomic mass is 15.3. The van der Waals surface area contributed by atoms with Crippen LogP contribution in [0.5, 0.6) is 0 Å². The number of hydrogen-bond donors (Lipinski definition) is 2. The van der Waals surface area contributed by atoms with Gasteiger partial charge in [0.15, 0.2) is 5.96 Å². The van der Waals surface area contributed by atoms with Gasteiger partial charge in [0.05, 0.1) is 5.69 Å². The summed E-state index contributed by atoms with van der Waals surface area (Å²) in [6.45, 7) is 3.23. The molecular formula is C20H29N5. The molecule has 3 rings (SSSR count). The zero-order chi connectivity index (χ0) is 17.5. The normalized spacial score (nSPS) is 21.1. The molecule has 0 atom stereocenters. The Morgan fingerprint density at radius 3 is 2.60 bits per heavy atom. The Labute approximate surface area is 150 Å². The van der Waals surface area contributed by atoms with Gasteiger partial charge in [0.2, 0.25) is 0 Å². The number of nitrogens with zero attached hydrogens (tertiary/aromatic N) is 3. The van der Waals surface area contributed by atoms with Crippen molar-refractivity contribution in [1.29, 1.82) is 0 Å². The summed E-state index contributed by atoms with van der Waals surface area (Å²) < 4.78 is 1.87. The fourth-order valence-electron chi connectivity index (χ4n) is 3.35. The van der Waals surface area contributed by atoms with Gasteiger partial charge in [-0.25, -0.2) is 4.68 Å². The molecule has 0 amide bonds. The Morgan fingerprint density at radius 2 is 1.96 bits per heavy atom. The lowest BCUT2D eigenvalue weighted by Gasteiger charge is -2.28. The first-order chi connectivity index (χ1) is 12.2. The first-order valence-corrected chi connectivity index (χ1v) is 9.30. The Hall–Kier alpha value is -2.30. The SMILES string of the molecule is CN=C(NCCc1ccc(-n2cccn2)cc1)NC1CCC(C)CC1. The molecule has 2 N–H and O–H groups in total. The second kappa shape index (κ2) is 8.70. The summed E-state index contributed by atoms with van der Waals surface area (Å²) in [5, 5.41) is 11.3. The molecule has 134 valence electrons. The van der Waals surface area contributed by atoms with Crippen molar-refractivity contribution in [2.24, 2.45) is 10.9 Å². The number of rotatable bonds is 5. The van der Waals surface area contributed by atoms with Gasteiger partial charge in [-0.05, 0) is 61.8 Å². The second-order valence-corrected chi connectivity index (χ2v) is 6.97. The number of nitrogens with one attached hydrogen (secondary N) is 2. The summed E-state index contributed by atoms with van der Waals surface area (Å²) in [7, 11) is 1.85. The van der Waals surface area contributed by atoms with E-state index in [1.807, 2.05) is 24.0 Å². The summed E-state index contributed by atoms with van der Waals surface area (Å²) in [6, 6.07) is 11.0. The maximum absolute atomic E-state index is 4.36. The van der Waals surface area contributed by atoms with Crippen molar-refractivity contribution in [1.82, 2.24) is 20.4 Å². The lowest BCUT2D eigenvalue weighted by molar-refractivity contribution is 0.329. The van der Waals surface area contributed by atoms with Crippen LogP contribution in [0.4, 0.5) is 0 Å². The maximum Gasteiger partial charge on any atom is 0.191 e. The van der Waals surface area contributed by atoms with Crippen LogP contribution in [-0.4, -0.2) is 35.4 Å². The van der Waals surface area contributed by atoms with Crippen LogP contribution in [0.1, 0.15) is 38.2 Å². The molecule has 1 fully saturated rings. The van der Waals surface area contributed by atoms with Crippen LogP contribution < -0.4 is 10.6 Å². The van der Waals surface area contributed by atoms with Gasteiger partial charge in [-0.3, -0.25) is 4.99 Å². The zero-order valence-corrected chi connectivity index (χ0v) is 15.3.